The molecule has 2 aliphatic rings. The predicted molar refractivity (Wildman–Crippen MR) is 134 cm³/mol. The first-order valence-corrected chi connectivity index (χ1v) is 13.2. The van der Waals surface area contributed by atoms with E-state index in [2.05, 4.69) is 38.8 Å². The number of benzene rings is 1. The molecule has 6 nitrogen and oxygen atoms in total. The zero-order valence-electron chi connectivity index (χ0n) is 19.4. The summed E-state index contributed by atoms with van der Waals surface area (Å²) in [6.45, 7) is 2.34. The van der Waals surface area contributed by atoms with Gasteiger partial charge in [0.2, 0.25) is 0 Å². The number of nitrogens with zero attached hydrogens (tertiary/aromatic N) is 4. The van der Waals surface area contributed by atoms with Crippen LogP contribution in [0.3, 0.4) is 0 Å². The molecule has 0 saturated heterocycles. The standard InChI is InChI=1S/C27H28N4O2S/c1-17-6-2-3-10-23(17)31-26(20-9-5-11-28-15-20)29-30-27(31)34-16-21-14-25(32)33-24-13-19-8-4-7-18(19)12-22(21)24/h5,9,11-15,17,23H,2-4,6-8,10,16H2,1H3/t17-,23+/m1/s1. The van der Waals surface area contributed by atoms with E-state index in [0.29, 0.717) is 23.3 Å². The summed E-state index contributed by atoms with van der Waals surface area (Å²) in [5.74, 6) is 2.09. The van der Waals surface area contributed by atoms with Gasteiger partial charge in [0, 0.05) is 41.2 Å². The summed E-state index contributed by atoms with van der Waals surface area (Å²) in [5.41, 5.74) is 5.08. The van der Waals surface area contributed by atoms with E-state index >= 15 is 0 Å². The molecule has 0 radical (unpaired) electrons. The van der Waals surface area contributed by atoms with E-state index in [4.69, 9.17) is 4.42 Å². The van der Waals surface area contributed by atoms with E-state index < -0.39 is 0 Å². The van der Waals surface area contributed by atoms with Gasteiger partial charge in [0.05, 0.1) is 0 Å². The number of hydrogen-bond acceptors (Lipinski definition) is 6. The molecule has 0 aliphatic heterocycles. The monoisotopic (exact) mass is 472 g/mol. The highest BCUT2D eigenvalue weighted by Gasteiger charge is 2.29. The molecule has 0 amide bonds. The van der Waals surface area contributed by atoms with Gasteiger partial charge in [-0.15, -0.1) is 10.2 Å². The zero-order chi connectivity index (χ0) is 23.1. The Morgan fingerprint density at radius 2 is 1.94 bits per heavy atom. The molecule has 174 valence electrons. The maximum atomic E-state index is 12.3. The van der Waals surface area contributed by atoms with E-state index in [-0.39, 0.29) is 5.63 Å². The first-order valence-electron chi connectivity index (χ1n) is 12.2. The summed E-state index contributed by atoms with van der Waals surface area (Å²) in [5, 5.41) is 11.2. The number of aryl methyl sites for hydroxylation is 2. The van der Waals surface area contributed by atoms with Crippen LogP contribution in [-0.2, 0) is 18.6 Å². The Balaban J connectivity index is 1.38. The molecule has 2 aliphatic carbocycles. The fourth-order valence-electron chi connectivity index (χ4n) is 5.60. The summed E-state index contributed by atoms with van der Waals surface area (Å²) >= 11 is 1.66. The topological polar surface area (TPSA) is 73.8 Å². The third-order valence-corrected chi connectivity index (χ3v) is 8.37. The molecule has 3 aromatic heterocycles. The van der Waals surface area contributed by atoms with Crippen molar-refractivity contribution in [3.05, 3.63) is 69.8 Å². The highest BCUT2D eigenvalue weighted by Crippen LogP contribution is 2.40. The van der Waals surface area contributed by atoms with E-state index in [1.165, 1.54) is 36.8 Å². The second-order valence-electron chi connectivity index (χ2n) is 9.60. The van der Waals surface area contributed by atoms with Crippen LogP contribution in [0.1, 0.15) is 61.8 Å². The maximum Gasteiger partial charge on any atom is 0.336 e. The lowest BCUT2D eigenvalue weighted by molar-refractivity contribution is 0.247. The molecule has 1 saturated carbocycles. The van der Waals surface area contributed by atoms with Crippen LogP contribution in [0.15, 0.2) is 57.1 Å². The maximum absolute atomic E-state index is 12.3. The second kappa shape index (κ2) is 9.02. The van der Waals surface area contributed by atoms with E-state index in [1.54, 1.807) is 24.0 Å². The summed E-state index contributed by atoms with van der Waals surface area (Å²) in [4.78, 5) is 16.7. The van der Waals surface area contributed by atoms with Crippen LogP contribution in [0.25, 0.3) is 22.4 Å². The van der Waals surface area contributed by atoms with Gasteiger partial charge in [-0.2, -0.15) is 0 Å². The lowest BCUT2D eigenvalue weighted by Gasteiger charge is -2.31. The van der Waals surface area contributed by atoms with Crippen LogP contribution in [0.2, 0.25) is 0 Å². The van der Waals surface area contributed by atoms with Gasteiger partial charge in [0.25, 0.3) is 0 Å². The second-order valence-corrected chi connectivity index (χ2v) is 10.5. The molecule has 34 heavy (non-hydrogen) atoms. The fraction of sp³-hybridized carbons (Fsp3) is 0.407. The Bertz CT molecular complexity index is 1400. The van der Waals surface area contributed by atoms with Gasteiger partial charge in [-0.05, 0) is 79.0 Å². The average molecular weight is 473 g/mol. The number of fused-ring (bicyclic) bond motifs is 2. The number of hydrogen-bond donors (Lipinski definition) is 0. The van der Waals surface area contributed by atoms with E-state index in [0.717, 1.165) is 46.8 Å². The Morgan fingerprint density at radius 3 is 2.76 bits per heavy atom. The van der Waals surface area contributed by atoms with Crippen molar-refractivity contribution >= 4 is 22.7 Å². The normalized spacial score (nSPS) is 20.0. The molecule has 1 aromatic carbocycles. The number of thioether (sulfide) groups is 1. The van der Waals surface area contributed by atoms with E-state index in [1.807, 2.05) is 18.3 Å². The van der Waals surface area contributed by atoms with Crippen LogP contribution in [0.5, 0.6) is 0 Å². The van der Waals surface area contributed by atoms with Crippen LogP contribution in [-0.4, -0.2) is 19.7 Å². The van der Waals surface area contributed by atoms with Crippen molar-refractivity contribution in [2.45, 2.75) is 68.8 Å². The van der Waals surface area contributed by atoms with Gasteiger partial charge in [0.1, 0.15) is 5.58 Å². The first kappa shape index (κ1) is 21.6. The highest BCUT2D eigenvalue weighted by atomic mass is 32.2. The first-order chi connectivity index (χ1) is 16.7. The van der Waals surface area contributed by atoms with Crippen molar-refractivity contribution in [1.29, 1.82) is 0 Å². The third kappa shape index (κ3) is 3.96. The minimum absolute atomic E-state index is 0.292. The SMILES string of the molecule is C[C@@H]1CCCC[C@@H]1n1c(SCc2cc(=O)oc3cc4c(cc23)CCC4)nnc1-c1cccnc1. The Hall–Kier alpha value is -2.93. The lowest BCUT2D eigenvalue weighted by atomic mass is 9.85. The van der Waals surface area contributed by atoms with Gasteiger partial charge < -0.3 is 4.42 Å². The van der Waals surface area contributed by atoms with Gasteiger partial charge in [-0.3, -0.25) is 9.55 Å². The molecule has 0 bridgehead atoms. The highest BCUT2D eigenvalue weighted by molar-refractivity contribution is 7.98. The third-order valence-electron chi connectivity index (χ3n) is 7.38. The molecular weight excluding hydrogens is 444 g/mol. The molecule has 0 spiro atoms. The summed E-state index contributed by atoms with van der Waals surface area (Å²) in [7, 11) is 0. The van der Waals surface area contributed by atoms with Crippen molar-refractivity contribution in [3.8, 4) is 11.4 Å². The van der Waals surface area contributed by atoms with Gasteiger partial charge >= 0.3 is 5.63 Å². The molecule has 6 rings (SSSR count). The molecule has 2 atom stereocenters. The minimum atomic E-state index is -0.292. The molecular formula is C27H28N4O2S. The summed E-state index contributed by atoms with van der Waals surface area (Å²) < 4.78 is 7.90. The van der Waals surface area contributed by atoms with Crippen molar-refractivity contribution in [1.82, 2.24) is 19.7 Å². The lowest BCUT2D eigenvalue weighted by Crippen LogP contribution is -2.22. The van der Waals surface area contributed by atoms with Crippen LogP contribution in [0, 0.1) is 5.92 Å². The number of aromatic nitrogens is 4. The summed E-state index contributed by atoms with van der Waals surface area (Å²) in [6, 6.07) is 10.3. The van der Waals surface area contributed by atoms with Crippen molar-refractivity contribution in [2.75, 3.05) is 0 Å². The molecule has 0 unspecified atom stereocenters. The molecule has 3 heterocycles. The van der Waals surface area contributed by atoms with Crippen molar-refractivity contribution in [2.24, 2.45) is 5.92 Å². The van der Waals surface area contributed by atoms with Gasteiger partial charge in [-0.25, -0.2) is 4.79 Å². The smallest absolute Gasteiger partial charge is 0.336 e. The fourth-order valence-corrected chi connectivity index (χ4v) is 6.59. The molecule has 7 heteroatoms. The minimum Gasteiger partial charge on any atom is -0.423 e. The Morgan fingerprint density at radius 1 is 1.09 bits per heavy atom. The summed E-state index contributed by atoms with van der Waals surface area (Å²) in [6.07, 6.45) is 11.8. The van der Waals surface area contributed by atoms with Crippen LogP contribution in [0.4, 0.5) is 0 Å². The number of pyridine rings is 1. The van der Waals surface area contributed by atoms with Crippen LogP contribution >= 0.6 is 11.8 Å². The quantitative estimate of drug-likeness (QED) is 0.263. The van der Waals surface area contributed by atoms with Gasteiger partial charge in [-0.1, -0.05) is 31.5 Å². The van der Waals surface area contributed by atoms with Crippen molar-refractivity contribution < 1.29 is 4.42 Å². The Kier molecular flexibility index (Phi) is 5.73. The van der Waals surface area contributed by atoms with Crippen LogP contribution < -0.4 is 5.63 Å². The van der Waals surface area contributed by atoms with Gasteiger partial charge in [0.15, 0.2) is 11.0 Å². The van der Waals surface area contributed by atoms with E-state index in [9.17, 15) is 4.79 Å². The average Bonchev–Trinajstić information content (AvgIpc) is 3.48. The largest absolute Gasteiger partial charge is 0.423 e. The molecule has 0 N–H and O–H groups in total. The number of rotatable bonds is 5. The molecule has 4 aromatic rings. The molecule has 1 fully saturated rings. The zero-order valence-corrected chi connectivity index (χ0v) is 20.2. The predicted octanol–water partition coefficient (Wildman–Crippen LogP) is 5.98. The van der Waals surface area contributed by atoms with Crippen molar-refractivity contribution in [3.63, 3.8) is 0 Å². The Labute approximate surface area is 202 Å².